The summed E-state index contributed by atoms with van der Waals surface area (Å²) in [5.41, 5.74) is 6.35. The molecule has 0 unspecified atom stereocenters. The van der Waals surface area contributed by atoms with Gasteiger partial charge in [0.25, 0.3) is 10.2 Å². The van der Waals surface area contributed by atoms with Crippen molar-refractivity contribution in [3.05, 3.63) is 44.1 Å². The first-order valence-electron chi connectivity index (χ1n) is 11.2. The number of aryl methyl sites for hydroxylation is 3. The van der Waals surface area contributed by atoms with Crippen LogP contribution in [0.1, 0.15) is 53.6 Å². The smallest absolute Gasteiger partial charge is 0.423 e. The zero-order chi connectivity index (χ0) is 22.3. The molecule has 2 aromatic rings. The molecule has 3 aliphatic rings. The van der Waals surface area contributed by atoms with Crippen molar-refractivity contribution in [2.24, 2.45) is 0 Å². The van der Waals surface area contributed by atoms with E-state index in [-0.39, 0.29) is 35.6 Å². The number of carbonyl (C=O) groups excluding carboxylic acids is 1. The molecule has 1 aromatic carbocycles. The zero-order valence-electron chi connectivity index (χ0n) is 19.1. The van der Waals surface area contributed by atoms with Gasteiger partial charge in [0.15, 0.2) is 11.2 Å². The molecule has 5 rings (SSSR count). The Kier molecular flexibility index (Phi) is 7.72. The van der Waals surface area contributed by atoms with E-state index >= 15 is 0 Å². The molecule has 1 N–H and O–H groups in total. The topological polar surface area (TPSA) is 103 Å². The van der Waals surface area contributed by atoms with Crippen LogP contribution in [-0.2, 0) is 40.6 Å². The molecule has 2 aliphatic carbocycles. The predicted octanol–water partition coefficient (Wildman–Crippen LogP) is 1.27. The molecule has 2 amide bonds. The van der Waals surface area contributed by atoms with E-state index in [0.717, 1.165) is 61.0 Å². The van der Waals surface area contributed by atoms with Gasteiger partial charge < -0.3 is 14.8 Å². The van der Waals surface area contributed by atoms with Crippen molar-refractivity contribution in [2.45, 2.75) is 64.3 Å². The second kappa shape index (κ2) is 10.2. The fourth-order valence-electron chi connectivity index (χ4n) is 5.05. The summed E-state index contributed by atoms with van der Waals surface area (Å²) < 4.78 is 37.0. The van der Waals surface area contributed by atoms with Crippen LogP contribution in [0.5, 0.6) is 0 Å². The summed E-state index contributed by atoms with van der Waals surface area (Å²) in [7, 11) is -4.27. The van der Waals surface area contributed by atoms with Crippen molar-refractivity contribution in [1.29, 1.82) is 0 Å². The number of ether oxygens (including phenoxy) is 1. The molecule has 172 valence electrons. The maximum absolute atomic E-state index is 13.3. The Bertz CT molecular complexity index is 1110. The summed E-state index contributed by atoms with van der Waals surface area (Å²) in [5.74, 6) is 0. The number of anilines is 2. The fourth-order valence-corrected chi connectivity index (χ4v) is 7.41. The molecule has 0 radical (unpaired) electrons. The van der Waals surface area contributed by atoms with E-state index in [1.807, 2.05) is 6.92 Å². The Hall–Kier alpha value is -1.17. The molecule has 0 saturated carbocycles. The number of hydrogen-bond donors (Lipinski definition) is 1. The summed E-state index contributed by atoms with van der Waals surface area (Å²) in [6, 6.07) is 1.09. The van der Waals surface area contributed by atoms with Crippen LogP contribution in [0.4, 0.5) is 15.6 Å². The minimum Gasteiger partial charge on any atom is -0.423 e. The summed E-state index contributed by atoms with van der Waals surface area (Å²) >= 11 is 1.24. The molecule has 11 heteroatoms. The molecule has 0 bridgehead atoms. The molecule has 1 aromatic heterocycles. The first-order chi connectivity index (χ1) is 15.4. The molecule has 1 aliphatic heterocycles. The van der Waals surface area contributed by atoms with Crippen molar-refractivity contribution in [3.8, 4) is 0 Å². The van der Waals surface area contributed by atoms with Gasteiger partial charge >= 0.3 is 29.6 Å². The van der Waals surface area contributed by atoms with Crippen LogP contribution in [0.15, 0.2) is 11.4 Å². The van der Waals surface area contributed by atoms with Gasteiger partial charge in [-0.15, -0.1) is 11.3 Å². The van der Waals surface area contributed by atoms with Crippen LogP contribution in [0.2, 0.25) is 0 Å². The molecular formula is C22H27N4NaO4S2. The van der Waals surface area contributed by atoms with Crippen LogP contribution in [0.25, 0.3) is 4.72 Å². The van der Waals surface area contributed by atoms with E-state index in [1.54, 1.807) is 5.38 Å². The summed E-state index contributed by atoms with van der Waals surface area (Å²) in [4.78, 5) is 17.3. The number of nitrogens with zero attached hydrogens (tertiary/aromatic N) is 3. The van der Waals surface area contributed by atoms with Gasteiger partial charge in [0, 0.05) is 18.6 Å². The van der Waals surface area contributed by atoms with E-state index in [0.29, 0.717) is 31.2 Å². The molecule has 1 fully saturated rings. The summed E-state index contributed by atoms with van der Waals surface area (Å²) in [5, 5.41) is 5.00. The van der Waals surface area contributed by atoms with E-state index in [9.17, 15) is 13.2 Å². The number of benzene rings is 1. The Labute approximate surface area is 221 Å². The quantitative estimate of drug-likeness (QED) is 0.626. The number of aromatic nitrogens is 1. The second-order valence-electron chi connectivity index (χ2n) is 8.64. The Morgan fingerprint density at radius 1 is 1.15 bits per heavy atom. The molecule has 33 heavy (non-hydrogen) atoms. The molecule has 2 heterocycles. The number of fused-ring (bicyclic) bond motifs is 2. The number of nitrogens with one attached hydrogen (secondary N) is 1. The number of urea groups is 1. The minimum atomic E-state index is -4.27. The zero-order valence-corrected chi connectivity index (χ0v) is 22.7. The Morgan fingerprint density at radius 3 is 2.36 bits per heavy atom. The van der Waals surface area contributed by atoms with Crippen LogP contribution in [0.3, 0.4) is 0 Å². The SMILES string of the molecule is Cc1csc(N(C2CCOCC2)S(=O)(=O)[N-]C(=O)Nc2c3c(cc4c2CCC4)CCC3)n1.[Na+]. The molecule has 8 nitrogen and oxygen atoms in total. The molecular weight excluding hydrogens is 471 g/mol. The standard InChI is InChI=1S/C22H28N4O4S2.Na/c1-14-13-31-22(23-14)26(17-8-10-30-11-9-17)32(28,29)25-21(27)24-20-18-6-2-4-15(18)12-16-5-3-7-19(16)20;/h12-13,17H,2-11H2,1H3,(H2,24,25,27);/q;+1/p-1. The van der Waals surface area contributed by atoms with Crippen LogP contribution < -0.4 is 39.2 Å². The van der Waals surface area contributed by atoms with Gasteiger partial charge in [-0.25, -0.2) is 17.7 Å². The van der Waals surface area contributed by atoms with Crippen molar-refractivity contribution in [3.63, 3.8) is 0 Å². The molecule has 0 spiro atoms. The third-order valence-corrected chi connectivity index (χ3v) is 8.91. The first-order valence-corrected chi connectivity index (χ1v) is 13.4. The van der Waals surface area contributed by atoms with Crippen LogP contribution >= 0.6 is 11.3 Å². The van der Waals surface area contributed by atoms with E-state index in [1.165, 1.54) is 26.8 Å². The van der Waals surface area contributed by atoms with Crippen LogP contribution in [-0.4, -0.2) is 38.7 Å². The normalized spacial score (nSPS) is 17.7. The summed E-state index contributed by atoms with van der Waals surface area (Å²) in [6.45, 7) is 2.75. The number of amides is 2. The van der Waals surface area contributed by atoms with Gasteiger partial charge in [0.2, 0.25) is 0 Å². The van der Waals surface area contributed by atoms with Gasteiger partial charge in [-0.2, -0.15) is 0 Å². The van der Waals surface area contributed by atoms with Gasteiger partial charge in [0.05, 0.1) is 11.7 Å². The van der Waals surface area contributed by atoms with Gasteiger partial charge in [-0.1, -0.05) is 6.07 Å². The van der Waals surface area contributed by atoms with E-state index in [2.05, 4.69) is 21.1 Å². The van der Waals surface area contributed by atoms with Crippen molar-refractivity contribution >= 4 is 38.4 Å². The maximum Gasteiger partial charge on any atom is 1.00 e. The van der Waals surface area contributed by atoms with Gasteiger partial charge in [0.1, 0.15) is 0 Å². The van der Waals surface area contributed by atoms with E-state index in [4.69, 9.17) is 4.74 Å². The van der Waals surface area contributed by atoms with Gasteiger partial charge in [-0.3, -0.25) is 4.79 Å². The number of carbonyl (C=O) groups is 1. The number of hydrogen-bond acceptors (Lipinski definition) is 6. The van der Waals surface area contributed by atoms with E-state index < -0.39 is 16.2 Å². The molecule has 1 saturated heterocycles. The third-order valence-electron chi connectivity index (χ3n) is 6.47. The average molecular weight is 499 g/mol. The monoisotopic (exact) mass is 498 g/mol. The minimum absolute atomic E-state index is 0. The maximum atomic E-state index is 13.3. The Morgan fingerprint density at radius 2 is 1.79 bits per heavy atom. The summed E-state index contributed by atoms with van der Waals surface area (Å²) in [6.07, 6.45) is 6.98. The van der Waals surface area contributed by atoms with Crippen molar-refractivity contribution in [1.82, 2.24) is 4.98 Å². The average Bonchev–Trinajstić information content (AvgIpc) is 3.49. The predicted molar refractivity (Wildman–Crippen MR) is 125 cm³/mol. The van der Waals surface area contributed by atoms with Crippen LogP contribution in [0, 0.1) is 6.92 Å². The van der Waals surface area contributed by atoms with Gasteiger partial charge in [-0.05, 0) is 86.2 Å². The largest absolute Gasteiger partial charge is 1.00 e. The fraction of sp³-hybridized carbons (Fsp3) is 0.545. The number of thiazole rings is 1. The Balaban J connectivity index is 0.00000259. The number of rotatable bonds is 5. The second-order valence-corrected chi connectivity index (χ2v) is 11.0. The first kappa shape index (κ1) is 24.9. The molecule has 0 atom stereocenters. The van der Waals surface area contributed by atoms with Crippen molar-refractivity contribution in [2.75, 3.05) is 22.8 Å². The van der Waals surface area contributed by atoms with Crippen molar-refractivity contribution < 1.29 is 47.5 Å². The third kappa shape index (κ3) is 5.11.